The SMILES string of the molecule is O=C1COc2c(cnc3ccc(I)cc23)N1C(=O)C1CC1. The van der Waals surface area contributed by atoms with Gasteiger partial charge in [0.2, 0.25) is 5.91 Å². The molecule has 2 aliphatic rings. The minimum atomic E-state index is -0.314. The van der Waals surface area contributed by atoms with Crippen LogP contribution in [0.3, 0.4) is 0 Å². The fourth-order valence-electron chi connectivity index (χ4n) is 2.53. The molecule has 2 amide bonds. The van der Waals surface area contributed by atoms with Crippen LogP contribution in [0.2, 0.25) is 0 Å². The number of nitrogens with zero attached hydrogens (tertiary/aromatic N) is 2. The third-order valence-electron chi connectivity index (χ3n) is 3.74. The van der Waals surface area contributed by atoms with E-state index in [9.17, 15) is 9.59 Å². The van der Waals surface area contributed by atoms with E-state index in [-0.39, 0.29) is 24.3 Å². The maximum atomic E-state index is 12.4. The third-order valence-corrected chi connectivity index (χ3v) is 4.41. The van der Waals surface area contributed by atoms with E-state index in [1.165, 1.54) is 4.90 Å². The number of ether oxygens (including phenoxy) is 1. The standard InChI is InChI=1S/C15H11IN2O3/c16-9-3-4-11-10(5-9)14-12(6-17-11)18(13(19)7-21-14)15(20)8-1-2-8/h3-6,8H,1-2,7H2. The van der Waals surface area contributed by atoms with E-state index in [2.05, 4.69) is 27.6 Å². The molecule has 4 rings (SSSR count). The van der Waals surface area contributed by atoms with Gasteiger partial charge in [-0.3, -0.25) is 14.6 Å². The van der Waals surface area contributed by atoms with E-state index in [1.54, 1.807) is 6.20 Å². The molecule has 2 heterocycles. The Kier molecular flexibility index (Phi) is 2.88. The maximum absolute atomic E-state index is 12.4. The number of hydrogen-bond donors (Lipinski definition) is 0. The molecule has 1 aromatic carbocycles. The average molecular weight is 394 g/mol. The van der Waals surface area contributed by atoms with Crippen molar-refractivity contribution in [1.82, 2.24) is 4.98 Å². The highest BCUT2D eigenvalue weighted by molar-refractivity contribution is 14.1. The summed E-state index contributed by atoms with van der Waals surface area (Å²) in [6.45, 7) is -0.101. The highest BCUT2D eigenvalue weighted by Crippen LogP contribution is 2.41. The van der Waals surface area contributed by atoms with E-state index in [1.807, 2.05) is 18.2 Å². The number of imide groups is 1. The first-order chi connectivity index (χ1) is 10.1. The molecule has 6 heteroatoms. The van der Waals surface area contributed by atoms with Crippen LogP contribution < -0.4 is 9.64 Å². The van der Waals surface area contributed by atoms with E-state index in [4.69, 9.17) is 4.74 Å². The van der Waals surface area contributed by atoms with Gasteiger partial charge in [-0.25, -0.2) is 4.90 Å². The maximum Gasteiger partial charge on any atom is 0.271 e. The lowest BCUT2D eigenvalue weighted by atomic mass is 10.1. The Bertz CT molecular complexity index is 786. The summed E-state index contributed by atoms with van der Waals surface area (Å²) in [6, 6.07) is 5.82. The van der Waals surface area contributed by atoms with Gasteiger partial charge in [-0.1, -0.05) is 0 Å². The molecule has 1 aliphatic heterocycles. The number of amides is 2. The van der Waals surface area contributed by atoms with Gasteiger partial charge in [-0.05, 0) is 53.6 Å². The summed E-state index contributed by atoms with van der Waals surface area (Å²) in [4.78, 5) is 30.0. The zero-order valence-corrected chi connectivity index (χ0v) is 13.2. The predicted molar refractivity (Wildman–Crippen MR) is 85.2 cm³/mol. The summed E-state index contributed by atoms with van der Waals surface area (Å²) in [5.74, 6) is 0.112. The van der Waals surface area contributed by atoms with Gasteiger partial charge in [0.25, 0.3) is 5.91 Å². The number of rotatable bonds is 1. The molecule has 1 saturated carbocycles. The molecule has 0 radical (unpaired) electrons. The van der Waals surface area contributed by atoms with Gasteiger partial charge < -0.3 is 4.74 Å². The molecule has 21 heavy (non-hydrogen) atoms. The van der Waals surface area contributed by atoms with Gasteiger partial charge in [0.05, 0.1) is 11.7 Å². The largest absolute Gasteiger partial charge is 0.481 e. The first-order valence-corrected chi connectivity index (χ1v) is 7.81. The quantitative estimate of drug-likeness (QED) is 0.551. The van der Waals surface area contributed by atoms with Crippen molar-refractivity contribution >= 4 is 51.0 Å². The fourth-order valence-corrected chi connectivity index (χ4v) is 3.02. The van der Waals surface area contributed by atoms with Crippen LogP contribution in [0.1, 0.15) is 12.8 Å². The van der Waals surface area contributed by atoms with Crippen LogP contribution in [0.25, 0.3) is 10.9 Å². The second kappa shape index (κ2) is 4.66. The Hall–Kier alpha value is -1.70. The normalized spacial score (nSPS) is 17.6. The number of hydrogen-bond acceptors (Lipinski definition) is 4. The Morgan fingerprint density at radius 3 is 2.95 bits per heavy atom. The van der Waals surface area contributed by atoms with Gasteiger partial charge in [0.15, 0.2) is 12.4 Å². The zero-order valence-electron chi connectivity index (χ0n) is 11.0. The molecule has 0 N–H and O–H groups in total. The number of benzene rings is 1. The number of carbonyl (C=O) groups is 2. The zero-order chi connectivity index (χ0) is 14.6. The number of carbonyl (C=O) groups excluding carboxylic acids is 2. The molecule has 0 bridgehead atoms. The van der Waals surface area contributed by atoms with Gasteiger partial charge in [-0.15, -0.1) is 0 Å². The van der Waals surface area contributed by atoms with E-state index < -0.39 is 0 Å². The molecule has 1 aromatic heterocycles. The van der Waals surface area contributed by atoms with Crippen molar-refractivity contribution in [2.24, 2.45) is 5.92 Å². The Morgan fingerprint density at radius 1 is 1.38 bits per heavy atom. The number of aromatic nitrogens is 1. The van der Waals surface area contributed by atoms with Gasteiger partial charge >= 0.3 is 0 Å². The predicted octanol–water partition coefficient (Wildman–Crippen LogP) is 2.50. The van der Waals surface area contributed by atoms with Crippen LogP contribution >= 0.6 is 22.6 Å². The summed E-state index contributed by atoms with van der Waals surface area (Å²) in [6.07, 6.45) is 3.28. The van der Waals surface area contributed by atoms with Crippen molar-refractivity contribution in [3.63, 3.8) is 0 Å². The monoisotopic (exact) mass is 394 g/mol. The van der Waals surface area contributed by atoms with Crippen molar-refractivity contribution in [3.05, 3.63) is 28.0 Å². The van der Waals surface area contributed by atoms with Crippen LogP contribution in [0.15, 0.2) is 24.4 Å². The van der Waals surface area contributed by atoms with E-state index in [0.717, 1.165) is 27.3 Å². The average Bonchev–Trinajstić information content (AvgIpc) is 3.30. The fraction of sp³-hybridized carbons (Fsp3) is 0.267. The van der Waals surface area contributed by atoms with Crippen LogP contribution in [0, 0.1) is 9.49 Å². The number of fused-ring (bicyclic) bond motifs is 3. The first-order valence-electron chi connectivity index (χ1n) is 6.73. The van der Waals surface area contributed by atoms with Crippen LogP contribution in [0.4, 0.5) is 5.69 Å². The minimum absolute atomic E-state index is 0.0218. The van der Waals surface area contributed by atoms with Gasteiger partial charge in [0, 0.05) is 14.9 Å². The van der Waals surface area contributed by atoms with Gasteiger partial charge in [-0.2, -0.15) is 0 Å². The third kappa shape index (κ3) is 2.08. The van der Waals surface area contributed by atoms with Crippen LogP contribution in [-0.2, 0) is 9.59 Å². The smallest absolute Gasteiger partial charge is 0.271 e. The lowest BCUT2D eigenvalue weighted by Crippen LogP contribution is -2.44. The van der Waals surface area contributed by atoms with Crippen molar-refractivity contribution in [1.29, 1.82) is 0 Å². The number of halogens is 1. The number of anilines is 1. The topological polar surface area (TPSA) is 59.5 Å². The van der Waals surface area contributed by atoms with Crippen molar-refractivity contribution in [2.75, 3.05) is 11.5 Å². The molecular formula is C15H11IN2O3. The van der Waals surface area contributed by atoms with E-state index in [0.29, 0.717) is 11.4 Å². The van der Waals surface area contributed by atoms with Crippen molar-refractivity contribution < 1.29 is 14.3 Å². The van der Waals surface area contributed by atoms with Gasteiger partial charge in [0.1, 0.15) is 5.69 Å². The van der Waals surface area contributed by atoms with Crippen molar-refractivity contribution in [3.8, 4) is 5.75 Å². The van der Waals surface area contributed by atoms with Crippen molar-refractivity contribution in [2.45, 2.75) is 12.8 Å². The lowest BCUT2D eigenvalue weighted by molar-refractivity contribution is -0.129. The molecule has 0 atom stereocenters. The summed E-state index contributed by atoms with van der Waals surface area (Å²) in [5, 5.41) is 0.834. The summed E-state index contributed by atoms with van der Waals surface area (Å²) in [5.41, 5.74) is 1.26. The molecule has 1 fully saturated rings. The molecular weight excluding hydrogens is 383 g/mol. The Labute approximate surface area is 134 Å². The lowest BCUT2D eigenvalue weighted by Gasteiger charge is -2.28. The molecule has 1 aliphatic carbocycles. The minimum Gasteiger partial charge on any atom is -0.481 e. The summed E-state index contributed by atoms with van der Waals surface area (Å²) < 4.78 is 6.65. The van der Waals surface area contributed by atoms with Crippen LogP contribution in [-0.4, -0.2) is 23.4 Å². The summed E-state index contributed by atoms with van der Waals surface area (Å²) in [7, 11) is 0. The highest BCUT2D eigenvalue weighted by atomic mass is 127. The molecule has 0 saturated heterocycles. The second-order valence-electron chi connectivity index (χ2n) is 5.26. The molecule has 106 valence electrons. The van der Waals surface area contributed by atoms with E-state index >= 15 is 0 Å². The Balaban J connectivity index is 1.91. The Morgan fingerprint density at radius 2 is 2.19 bits per heavy atom. The molecule has 0 unspecified atom stereocenters. The summed E-state index contributed by atoms with van der Waals surface area (Å²) >= 11 is 2.22. The molecule has 5 nitrogen and oxygen atoms in total. The number of pyridine rings is 1. The second-order valence-corrected chi connectivity index (χ2v) is 6.51. The van der Waals surface area contributed by atoms with Crippen LogP contribution in [0.5, 0.6) is 5.75 Å². The molecule has 2 aromatic rings. The highest BCUT2D eigenvalue weighted by Gasteiger charge is 2.40. The molecule has 0 spiro atoms. The first kappa shape index (κ1) is 13.0.